The molecule has 0 unspecified atom stereocenters. The van der Waals surface area contributed by atoms with Gasteiger partial charge in [0.05, 0.1) is 0 Å². The number of rotatable bonds is 2. The summed E-state index contributed by atoms with van der Waals surface area (Å²) in [4.78, 5) is 12.3. The molecule has 1 N–H and O–H groups in total. The smallest absolute Gasteiger partial charge is 0.872 e. The van der Waals surface area contributed by atoms with E-state index in [1.807, 2.05) is 55.5 Å². The molecule has 0 saturated carbocycles. The Bertz CT molecular complexity index is 813. The summed E-state index contributed by atoms with van der Waals surface area (Å²) in [6.07, 6.45) is 0. The fraction of sp³-hybridized carbons (Fsp3) is 0.0556. The van der Waals surface area contributed by atoms with Crippen LogP contribution in [0, 0.1) is 6.92 Å². The number of hydrogen-bond donors (Lipinski definition) is 1. The predicted molar refractivity (Wildman–Crippen MR) is 82.5 cm³/mol. The fourth-order valence-electron chi connectivity index (χ4n) is 2.23. The van der Waals surface area contributed by atoms with E-state index >= 15 is 0 Å². The minimum atomic E-state index is -0.380. The summed E-state index contributed by atoms with van der Waals surface area (Å²) in [6, 6.07) is 18.1. The Morgan fingerprint density at radius 3 is 2.18 bits per heavy atom. The third kappa shape index (κ3) is 3.50. The number of anilines is 1. The van der Waals surface area contributed by atoms with Gasteiger partial charge in [-0.15, -0.1) is 0 Å². The van der Waals surface area contributed by atoms with E-state index < -0.39 is 0 Å². The molecule has 0 spiro atoms. The zero-order valence-electron chi connectivity index (χ0n) is 12.6. The van der Waals surface area contributed by atoms with E-state index in [4.69, 9.17) is 0 Å². The van der Waals surface area contributed by atoms with Gasteiger partial charge in [-0.25, -0.2) is 0 Å². The van der Waals surface area contributed by atoms with E-state index in [0.29, 0.717) is 5.69 Å². The van der Waals surface area contributed by atoms with Gasteiger partial charge >= 0.3 is 29.6 Å². The Hall–Kier alpha value is -1.81. The number of aryl methyl sites for hydroxylation is 1. The molecular weight excluding hydrogens is 285 g/mol. The quantitative estimate of drug-likeness (QED) is 0.700. The minimum Gasteiger partial charge on any atom is -0.872 e. The number of carbonyl (C=O) groups is 1. The van der Waals surface area contributed by atoms with Gasteiger partial charge in [0.2, 0.25) is 0 Å². The summed E-state index contributed by atoms with van der Waals surface area (Å²) in [7, 11) is 0. The van der Waals surface area contributed by atoms with Crippen molar-refractivity contribution in [2.45, 2.75) is 6.92 Å². The summed E-state index contributed by atoms with van der Waals surface area (Å²) < 4.78 is 0. The first-order chi connectivity index (χ1) is 10.1. The molecule has 4 heteroatoms. The molecule has 0 aliphatic heterocycles. The largest absolute Gasteiger partial charge is 1.00 e. The molecule has 0 heterocycles. The van der Waals surface area contributed by atoms with Crippen molar-refractivity contribution in [2.75, 3.05) is 5.32 Å². The van der Waals surface area contributed by atoms with Crippen LogP contribution in [0.5, 0.6) is 5.75 Å². The molecule has 3 aromatic carbocycles. The topological polar surface area (TPSA) is 52.2 Å². The third-order valence-electron chi connectivity index (χ3n) is 3.40. The van der Waals surface area contributed by atoms with Gasteiger partial charge < -0.3 is 10.4 Å². The first-order valence-corrected chi connectivity index (χ1v) is 6.71. The second-order valence-electron chi connectivity index (χ2n) is 5.02. The van der Waals surface area contributed by atoms with Crippen LogP contribution in [-0.4, -0.2) is 5.91 Å². The molecule has 0 radical (unpaired) electrons. The zero-order chi connectivity index (χ0) is 14.8. The van der Waals surface area contributed by atoms with Crippen LogP contribution in [0.15, 0.2) is 60.7 Å². The maximum atomic E-state index is 12.3. The summed E-state index contributed by atoms with van der Waals surface area (Å²) in [6.45, 7) is 1.98. The van der Waals surface area contributed by atoms with E-state index in [1.165, 1.54) is 6.07 Å². The van der Waals surface area contributed by atoms with Crippen molar-refractivity contribution in [3.05, 3.63) is 71.8 Å². The van der Waals surface area contributed by atoms with E-state index in [0.717, 1.165) is 16.3 Å². The van der Waals surface area contributed by atoms with Crippen LogP contribution in [0.4, 0.5) is 5.69 Å². The third-order valence-corrected chi connectivity index (χ3v) is 3.40. The van der Waals surface area contributed by atoms with E-state index in [1.54, 1.807) is 6.07 Å². The number of benzene rings is 3. The Labute approximate surface area is 151 Å². The average molecular weight is 299 g/mol. The number of fused-ring (bicyclic) bond motifs is 1. The van der Waals surface area contributed by atoms with Gasteiger partial charge in [-0.2, -0.15) is 0 Å². The molecule has 0 atom stereocenters. The molecule has 3 nitrogen and oxygen atoms in total. The Balaban J connectivity index is 0.00000176. The Kier molecular flexibility index (Phi) is 5.24. The van der Waals surface area contributed by atoms with Gasteiger partial charge in [0, 0.05) is 11.3 Å². The van der Waals surface area contributed by atoms with Crippen LogP contribution >= 0.6 is 0 Å². The van der Waals surface area contributed by atoms with Gasteiger partial charge in [0.15, 0.2) is 0 Å². The normalized spacial score (nSPS) is 10.0. The van der Waals surface area contributed by atoms with Crippen molar-refractivity contribution < 1.29 is 39.5 Å². The van der Waals surface area contributed by atoms with E-state index in [2.05, 4.69) is 5.32 Å². The molecule has 0 saturated heterocycles. The molecule has 0 aliphatic rings. The number of hydrogen-bond acceptors (Lipinski definition) is 2. The summed E-state index contributed by atoms with van der Waals surface area (Å²) in [5.41, 5.74) is 1.95. The van der Waals surface area contributed by atoms with Crippen molar-refractivity contribution in [2.24, 2.45) is 0 Å². The molecular formula is C18H14NNaO2. The molecule has 1 amide bonds. The second-order valence-corrected chi connectivity index (χ2v) is 5.02. The van der Waals surface area contributed by atoms with Gasteiger partial charge in [-0.1, -0.05) is 53.8 Å². The number of amides is 1. The maximum Gasteiger partial charge on any atom is 1.00 e. The molecule has 104 valence electrons. The number of nitrogens with one attached hydrogen (secondary N) is 1. The van der Waals surface area contributed by atoms with Crippen molar-refractivity contribution in [3.63, 3.8) is 0 Å². The van der Waals surface area contributed by atoms with Crippen molar-refractivity contribution in [1.82, 2.24) is 0 Å². The standard InChI is InChI=1S/C18H15NO2.Na/c1-12-6-8-15(9-7-12)19-18(21)16-10-13-4-2-3-5-14(13)11-17(16)20;/h2-11,20H,1H3,(H,19,21);/q;+1/p-1. The first kappa shape index (κ1) is 16.6. The maximum absolute atomic E-state index is 12.3. The summed E-state index contributed by atoms with van der Waals surface area (Å²) in [5, 5.41) is 16.5. The molecule has 22 heavy (non-hydrogen) atoms. The van der Waals surface area contributed by atoms with Crippen LogP contribution in [0.2, 0.25) is 0 Å². The molecule has 3 rings (SSSR count). The van der Waals surface area contributed by atoms with Crippen LogP contribution < -0.4 is 40.0 Å². The van der Waals surface area contributed by atoms with Crippen LogP contribution in [0.3, 0.4) is 0 Å². The van der Waals surface area contributed by atoms with Crippen LogP contribution in [0.25, 0.3) is 10.8 Å². The Morgan fingerprint density at radius 1 is 0.955 bits per heavy atom. The van der Waals surface area contributed by atoms with Gasteiger partial charge in [-0.3, -0.25) is 4.79 Å². The zero-order valence-corrected chi connectivity index (χ0v) is 14.6. The fourth-order valence-corrected chi connectivity index (χ4v) is 2.23. The predicted octanol–water partition coefficient (Wildman–Crippen LogP) is 0.478. The molecule has 0 aromatic heterocycles. The van der Waals surface area contributed by atoms with Crippen molar-refractivity contribution >= 4 is 22.4 Å². The number of carbonyl (C=O) groups excluding carboxylic acids is 1. The van der Waals surface area contributed by atoms with E-state index in [9.17, 15) is 9.90 Å². The van der Waals surface area contributed by atoms with Gasteiger partial charge in [0.25, 0.3) is 5.91 Å². The SMILES string of the molecule is Cc1ccc(NC(=O)c2cc3ccccc3cc2[O-])cc1.[Na+]. The van der Waals surface area contributed by atoms with E-state index in [-0.39, 0.29) is 46.8 Å². The first-order valence-electron chi connectivity index (χ1n) is 6.71. The molecule has 0 bridgehead atoms. The van der Waals surface area contributed by atoms with Gasteiger partial charge in [0.1, 0.15) is 0 Å². The van der Waals surface area contributed by atoms with Crippen LogP contribution in [-0.2, 0) is 0 Å². The van der Waals surface area contributed by atoms with Gasteiger partial charge in [-0.05, 0) is 35.9 Å². The van der Waals surface area contributed by atoms with Crippen molar-refractivity contribution in [3.8, 4) is 5.75 Å². The Morgan fingerprint density at radius 2 is 1.55 bits per heavy atom. The molecule has 0 fully saturated rings. The molecule has 0 aliphatic carbocycles. The average Bonchev–Trinajstić information content (AvgIpc) is 2.49. The minimum absolute atomic E-state index is 0. The second kappa shape index (κ2) is 6.97. The molecule has 3 aromatic rings. The van der Waals surface area contributed by atoms with Crippen molar-refractivity contribution in [1.29, 1.82) is 0 Å². The summed E-state index contributed by atoms with van der Waals surface area (Å²) in [5.74, 6) is -0.645. The van der Waals surface area contributed by atoms with Crippen LogP contribution in [0.1, 0.15) is 15.9 Å². The summed E-state index contributed by atoms with van der Waals surface area (Å²) >= 11 is 0. The monoisotopic (exact) mass is 299 g/mol.